The highest BCUT2D eigenvalue weighted by Crippen LogP contribution is 2.15. The van der Waals surface area contributed by atoms with Gasteiger partial charge in [-0.1, -0.05) is 12.1 Å². The molecule has 1 atom stereocenters. The van der Waals surface area contributed by atoms with Gasteiger partial charge in [0, 0.05) is 19.3 Å². The Labute approximate surface area is 134 Å². The molecule has 1 aromatic carbocycles. The molecule has 1 aliphatic rings. The molecular formula is C16H20N4O3. The van der Waals surface area contributed by atoms with Gasteiger partial charge in [-0.15, -0.1) is 0 Å². The average molecular weight is 316 g/mol. The number of urea groups is 1. The SMILES string of the molecule is COc1ccc(Cn2cc(NC(=O)N3CC[C@@H](O)C3)cn2)cc1. The van der Waals surface area contributed by atoms with E-state index in [-0.39, 0.29) is 6.03 Å². The van der Waals surface area contributed by atoms with E-state index in [1.165, 1.54) is 0 Å². The number of amides is 2. The highest BCUT2D eigenvalue weighted by Gasteiger charge is 2.24. The maximum absolute atomic E-state index is 12.1. The Balaban J connectivity index is 1.58. The number of nitrogens with one attached hydrogen (secondary N) is 1. The fourth-order valence-electron chi connectivity index (χ4n) is 2.56. The summed E-state index contributed by atoms with van der Waals surface area (Å²) < 4.78 is 6.89. The van der Waals surface area contributed by atoms with Crippen LogP contribution in [0.25, 0.3) is 0 Å². The number of carbonyl (C=O) groups is 1. The van der Waals surface area contributed by atoms with Gasteiger partial charge >= 0.3 is 6.03 Å². The van der Waals surface area contributed by atoms with Crippen molar-refractivity contribution in [1.29, 1.82) is 0 Å². The molecule has 7 nitrogen and oxygen atoms in total. The number of methoxy groups -OCH3 is 1. The molecule has 23 heavy (non-hydrogen) atoms. The lowest BCUT2D eigenvalue weighted by Gasteiger charge is -2.15. The van der Waals surface area contributed by atoms with Gasteiger partial charge in [0.05, 0.1) is 31.6 Å². The van der Waals surface area contributed by atoms with Crippen molar-refractivity contribution >= 4 is 11.7 Å². The van der Waals surface area contributed by atoms with Gasteiger partial charge in [-0.2, -0.15) is 5.10 Å². The van der Waals surface area contributed by atoms with Crippen LogP contribution in [0, 0.1) is 0 Å². The summed E-state index contributed by atoms with van der Waals surface area (Å²) in [7, 11) is 1.64. The zero-order chi connectivity index (χ0) is 16.2. The molecule has 7 heteroatoms. The summed E-state index contributed by atoms with van der Waals surface area (Å²) in [5, 5.41) is 16.5. The van der Waals surface area contributed by atoms with Crippen molar-refractivity contribution in [2.45, 2.75) is 19.1 Å². The molecule has 122 valence electrons. The molecule has 2 aromatic rings. The summed E-state index contributed by atoms with van der Waals surface area (Å²) >= 11 is 0. The number of aliphatic hydroxyl groups is 1. The first kappa shape index (κ1) is 15.4. The molecule has 0 radical (unpaired) electrons. The second kappa shape index (κ2) is 6.70. The number of benzene rings is 1. The zero-order valence-corrected chi connectivity index (χ0v) is 13.0. The quantitative estimate of drug-likeness (QED) is 0.897. The van der Waals surface area contributed by atoms with Crippen LogP contribution in [0.3, 0.4) is 0 Å². The molecule has 0 bridgehead atoms. The first-order valence-corrected chi connectivity index (χ1v) is 7.53. The predicted molar refractivity (Wildman–Crippen MR) is 85.5 cm³/mol. The van der Waals surface area contributed by atoms with Crippen LogP contribution >= 0.6 is 0 Å². The van der Waals surface area contributed by atoms with Crippen molar-refractivity contribution in [3.05, 3.63) is 42.2 Å². The first-order valence-electron chi connectivity index (χ1n) is 7.53. The van der Waals surface area contributed by atoms with Gasteiger partial charge in [0.2, 0.25) is 0 Å². The molecule has 2 heterocycles. The minimum absolute atomic E-state index is 0.203. The number of rotatable bonds is 4. The lowest BCUT2D eigenvalue weighted by Crippen LogP contribution is -2.33. The molecule has 1 aromatic heterocycles. The summed E-state index contributed by atoms with van der Waals surface area (Å²) in [6.07, 6.45) is 3.62. The predicted octanol–water partition coefficient (Wildman–Crippen LogP) is 1.54. The van der Waals surface area contributed by atoms with E-state index in [4.69, 9.17) is 4.74 Å². The topological polar surface area (TPSA) is 79.6 Å². The van der Waals surface area contributed by atoms with Crippen LogP contribution in [-0.2, 0) is 6.54 Å². The average Bonchev–Trinajstić information content (AvgIpc) is 3.17. The largest absolute Gasteiger partial charge is 0.497 e. The van der Waals surface area contributed by atoms with E-state index in [2.05, 4.69) is 10.4 Å². The summed E-state index contributed by atoms with van der Waals surface area (Å²) in [4.78, 5) is 13.7. The van der Waals surface area contributed by atoms with Gasteiger partial charge < -0.3 is 20.1 Å². The zero-order valence-electron chi connectivity index (χ0n) is 13.0. The third kappa shape index (κ3) is 3.81. The molecule has 3 rings (SSSR count). The van der Waals surface area contributed by atoms with E-state index in [1.54, 1.807) is 29.1 Å². The van der Waals surface area contributed by atoms with E-state index in [0.29, 0.717) is 31.7 Å². The Hall–Kier alpha value is -2.54. The Morgan fingerprint density at radius 1 is 1.43 bits per heavy atom. The second-order valence-electron chi connectivity index (χ2n) is 5.59. The standard InChI is InChI=1S/C16H20N4O3/c1-23-15-4-2-12(3-5-15)9-20-10-13(8-17-20)18-16(22)19-7-6-14(21)11-19/h2-5,8,10,14,21H,6-7,9,11H2,1H3,(H,18,22)/t14-/m1/s1. The van der Waals surface area contributed by atoms with E-state index >= 15 is 0 Å². The molecule has 2 N–H and O–H groups in total. The number of likely N-dealkylation sites (tertiary alicyclic amines) is 1. The Kier molecular flexibility index (Phi) is 4.47. The molecule has 0 aliphatic carbocycles. The number of anilines is 1. The van der Waals surface area contributed by atoms with Crippen molar-refractivity contribution in [2.24, 2.45) is 0 Å². The third-order valence-corrected chi connectivity index (χ3v) is 3.84. The number of carbonyl (C=O) groups excluding carboxylic acids is 1. The van der Waals surface area contributed by atoms with E-state index in [9.17, 15) is 9.90 Å². The molecule has 0 saturated carbocycles. The van der Waals surface area contributed by atoms with Crippen molar-refractivity contribution in [3.63, 3.8) is 0 Å². The van der Waals surface area contributed by atoms with Crippen molar-refractivity contribution in [3.8, 4) is 5.75 Å². The van der Waals surface area contributed by atoms with Gasteiger partial charge in [0.1, 0.15) is 5.75 Å². The smallest absolute Gasteiger partial charge is 0.322 e. The molecular weight excluding hydrogens is 296 g/mol. The number of ether oxygens (including phenoxy) is 1. The van der Waals surface area contributed by atoms with Gasteiger partial charge in [0.15, 0.2) is 0 Å². The van der Waals surface area contributed by atoms with E-state index in [0.717, 1.165) is 11.3 Å². The number of hydrogen-bond acceptors (Lipinski definition) is 4. The second-order valence-corrected chi connectivity index (χ2v) is 5.59. The maximum atomic E-state index is 12.1. The lowest BCUT2D eigenvalue weighted by atomic mass is 10.2. The summed E-state index contributed by atoms with van der Waals surface area (Å²) in [5.74, 6) is 0.815. The van der Waals surface area contributed by atoms with Crippen LogP contribution in [0.4, 0.5) is 10.5 Å². The number of β-amino-alcohol motifs (C(OH)–C–C–N with tert-alkyl or cyclic N) is 1. The van der Waals surface area contributed by atoms with Gasteiger partial charge in [-0.05, 0) is 24.1 Å². The minimum Gasteiger partial charge on any atom is -0.497 e. The number of nitrogens with zero attached hydrogens (tertiary/aromatic N) is 3. The normalized spacial score (nSPS) is 17.3. The number of aliphatic hydroxyl groups excluding tert-OH is 1. The molecule has 1 aliphatic heterocycles. The van der Waals surface area contributed by atoms with Crippen molar-refractivity contribution in [1.82, 2.24) is 14.7 Å². The minimum atomic E-state index is -0.418. The summed E-state index contributed by atoms with van der Waals surface area (Å²) in [5.41, 5.74) is 1.74. The van der Waals surface area contributed by atoms with Crippen molar-refractivity contribution < 1.29 is 14.6 Å². The maximum Gasteiger partial charge on any atom is 0.322 e. The monoisotopic (exact) mass is 316 g/mol. The van der Waals surface area contributed by atoms with Crippen LogP contribution in [0.1, 0.15) is 12.0 Å². The van der Waals surface area contributed by atoms with E-state index < -0.39 is 6.10 Å². The van der Waals surface area contributed by atoms with Crippen LogP contribution in [0.5, 0.6) is 5.75 Å². The molecule has 0 spiro atoms. The highest BCUT2D eigenvalue weighted by atomic mass is 16.5. The van der Waals surface area contributed by atoms with E-state index in [1.807, 2.05) is 24.3 Å². The number of hydrogen-bond donors (Lipinski definition) is 2. The van der Waals surface area contributed by atoms with Gasteiger partial charge in [-0.25, -0.2) is 4.79 Å². The summed E-state index contributed by atoms with van der Waals surface area (Å²) in [6, 6.07) is 7.56. The van der Waals surface area contributed by atoms with Gasteiger partial charge in [0.25, 0.3) is 0 Å². The number of aromatic nitrogens is 2. The van der Waals surface area contributed by atoms with Crippen LogP contribution in [0.2, 0.25) is 0 Å². The fraction of sp³-hybridized carbons (Fsp3) is 0.375. The molecule has 1 fully saturated rings. The lowest BCUT2D eigenvalue weighted by molar-refractivity contribution is 0.176. The van der Waals surface area contributed by atoms with Crippen LogP contribution in [-0.4, -0.2) is 52.1 Å². The fourth-order valence-corrected chi connectivity index (χ4v) is 2.56. The molecule has 2 amide bonds. The third-order valence-electron chi connectivity index (χ3n) is 3.84. The Morgan fingerprint density at radius 2 is 2.22 bits per heavy atom. The van der Waals surface area contributed by atoms with Crippen molar-refractivity contribution in [2.75, 3.05) is 25.5 Å². The summed E-state index contributed by atoms with van der Waals surface area (Å²) in [6.45, 7) is 1.57. The first-order chi connectivity index (χ1) is 11.1. The van der Waals surface area contributed by atoms with Crippen LogP contribution in [0.15, 0.2) is 36.7 Å². The highest BCUT2D eigenvalue weighted by molar-refractivity contribution is 5.89. The Bertz CT molecular complexity index is 668. The Morgan fingerprint density at radius 3 is 2.87 bits per heavy atom. The molecule has 1 saturated heterocycles. The van der Waals surface area contributed by atoms with Gasteiger partial charge in [-0.3, -0.25) is 4.68 Å². The van der Waals surface area contributed by atoms with Crippen LogP contribution < -0.4 is 10.1 Å². The molecule has 0 unspecified atom stereocenters.